The number of ether oxygens (including phenoxy) is 2. The van der Waals surface area contributed by atoms with E-state index in [2.05, 4.69) is 4.90 Å². The number of likely N-dealkylation sites (tertiary alicyclic amines) is 1. The van der Waals surface area contributed by atoms with Gasteiger partial charge in [0.1, 0.15) is 5.82 Å². The minimum atomic E-state index is -0.230. The lowest BCUT2D eigenvalue weighted by Crippen LogP contribution is -2.27. The van der Waals surface area contributed by atoms with Crippen LogP contribution in [0.25, 0.3) is 0 Å². The van der Waals surface area contributed by atoms with Crippen LogP contribution in [0.4, 0.5) is 4.39 Å². The Morgan fingerprint density at radius 3 is 2.25 bits per heavy atom. The van der Waals surface area contributed by atoms with Gasteiger partial charge in [-0.25, -0.2) is 4.39 Å². The molecule has 2 rings (SSSR count). The SMILES string of the molecule is COC1CN(CCC(N)c2ccc(F)cc2)CC1OC. The predicted molar refractivity (Wildman–Crippen MR) is 76.0 cm³/mol. The predicted octanol–water partition coefficient (Wildman–Crippen LogP) is 1.56. The highest BCUT2D eigenvalue weighted by Gasteiger charge is 2.32. The molecule has 3 atom stereocenters. The smallest absolute Gasteiger partial charge is 0.123 e. The molecule has 0 saturated carbocycles. The summed E-state index contributed by atoms with van der Waals surface area (Å²) >= 11 is 0. The van der Waals surface area contributed by atoms with Gasteiger partial charge in [0.25, 0.3) is 0 Å². The normalized spacial score (nSPS) is 25.0. The van der Waals surface area contributed by atoms with Gasteiger partial charge in [0.05, 0.1) is 12.2 Å². The molecule has 0 aliphatic carbocycles. The van der Waals surface area contributed by atoms with Gasteiger partial charge in [-0.3, -0.25) is 4.90 Å². The van der Waals surface area contributed by atoms with Crippen LogP contribution in [-0.4, -0.2) is 51.0 Å². The summed E-state index contributed by atoms with van der Waals surface area (Å²) in [5.41, 5.74) is 7.12. The lowest BCUT2D eigenvalue weighted by atomic mass is 10.0. The third-order valence-corrected chi connectivity index (χ3v) is 3.95. The molecule has 1 aliphatic rings. The largest absolute Gasteiger partial charge is 0.377 e. The fraction of sp³-hybridized carbons (Fsp3) is 0.600. The van der Waals surface area contributed by atoms with Crippen LogP contribution in [0.15, 0.2) is 24.3 Å². The zero-order chi connectivity index (χ0) is 14.5. The van der Waals surface area contributed by atoms with Crippen LogP contribution < -0.4 is 5.73 Å². The molecule has 0 radical (unpaired) electrons. The third-order valence-electron chi connectivity index (χ3n) is 3.95. The van der Waals surface area contributed by atoms with E-state index in [0.717, 1.165) is 31.6 Å². The van der Waals surface area contributed by atoms with E-state index in [1.807, 2.05) is 0 Å². The van der Waals surface area contributed by atoms with Crippen LogP contribution >= 0.6 is 0 Å². The highest BCUT2D eigenvalue weighted by Crippen LogP contribution is 2.19. The number of methoxy groups -OCH3 is 2. The molecule has 20 heavy (non-hydrogen) atoms. The summed E-state index contributed by atoms with van der Waals surface area (Å²) in [4.78, 5) is 2.30. The summed E-state index contributed by atoms with van der Waals surface area (Å²) in [5, 5.41) is 0. The van der Waals surface area contributed by atoms with Crippen molar-refractivity contribution in [1.82, 2.24) is 4.90 Å². The Kier molecular flexibility index (Phi) is 5.48. The zero-order valence-electron chi connectivity index (χ0n) is 12.1. The Bertz CT molecular complexity index is 401. The van der Waals surface area contributed by atoms with Gasteiger partial charge in [-0.15, -0.1) is 0 Å². The fourth-order valence-corrected chi connectivity index (χ4v) is 2.65. The standard InChI is InChI=1S/C15H23FN2O2/c1-19-14-9-18(10-15(14)20-2)8-7-13(17)11-3-5-12(16)6-4-11/h3-6,13-15H,7-10,17H2,1-2H3. The average Bonchev–Trinajstić information content (AvgIpc) is 2.88. The second-order valence-electron chi connectivity index (χ2n) is 5.25. The first-order valence-corrected chi connectivity index (χ1v) is 6.93. The molecule has 0 amide bonds. The van der Waals surface area contributed by atoms with Crippen molar-refractivity contribution in [1.29, 1.82) is 0 Å². The molecule has 3 unspecified atom stereocenters. The maximum Gasteiger partial charge on any atom is 0.123 e. The summed E-state index contributed by atoms with van der Waals surface area (Å²) in [6.07, 6.45) is 1.09. The number of nitrogens with zero attached hydrogens (tertiary/aromatic N) is 1. The van der Waals surface area contributed by atoms with Gasteiger partial charge >= 0.3 is 0 Å². The molecule has 4 nitrogen and oxygen atoms in total. The number of benzene rings is 1. The lowest BCUT2D eigenvalue weighted by molar-refractivity contribution is -0.00461. The minimum absolute atomic E-state index is 0.0711. The number of rotatable bonds is 6. The molecule has 0 bridgehead atoms. The number of hydrogen-bond donors (Lipinski definition) is 1. The van der Waals surface area contributed by atoms with Crippen LogP contribution in [0.3, 0.4) is 0 Å². The summed E-state index contributed by atoms with van der Waals surface area (Å²) in [5.74, 6) is -0.230. The van der Waals surface area contributed by atoms with Crippen molar-refractivity contribution >= 4 is 0 Å². The molecule has 1 heterocycles. The minimum Gasteiger partial charge on any atom is -0.377 e. The lowest BCUT2D eigenvalue weighted by Gasteiger charge is -2.18. The van der Waals surface area contributed by atoms with Gasteiger partial charge in [0.15, 0.2) is 0 Å². The first-order valence-electron chi connectivity index (χ1n) is 6.93. The van der Waals surface area contributed by atoms with Crippen molar-refractivity contribution < 1.29 is 13.9 Å². The molecule has 0 aromatic heterocycles. The Morgan fingerprint density at radius 1 is 1.20 bits per heavy atom. The van der Waals surface area contributed by atoms with Gasteiger partial charge in [0.2, 0.25) is 0 Å². The summed E-state index contributed by atoms with van der Waals surface area (Å²) in [7, 11) is 3.43. The molecule has 1 fully saturated rings. The average molecular weight is 282 g/mol. The second-order valence-corrected chi connectivity index (χ2v) is 5.25. The van der Waals surface area contributed by atoms with E-state index >= 15 is 0 Å². The van der Waals surface area contributed by atoms with Gasteiger partial charge in [-0.2, -0.15) is 0 Å². The van der Waals surface area contributed by atoms with E-state index in [-0.39, 0.29) is 24.1 Å². The molecule has 1 saturated heterocycles. The quantitative estimate of drug-likeness (QED) is 0.860. The van der Waals surface area contributed by atoms with E-state index in [0.29, 0.717) is 0 Å². The molecule has 1 aromatic rings. The Balaban J connectivity index is 1.82. The topological polar surface area (TPSA) is 47.7 Å². The van der Waals surface area contributed by atoms with E-state index < -0.39 is 0 Å². The van der Waals surface area contributed by atoms with Gasteiger partial charge < -0.3 is 15.2 Å². The summed E-state index contributed by atoms with van der Waals surface area (Å²) < 4.78 is 23.7. The van der Waals surface area contributed by atoms with E-state index in [4.69, 9.17) is 15.2 Å². The molecule has 1 aromatic carbocycles. The van der Waals surface area contributed by atoms with E-state index in [9.17, 15) is 4.39 Å². The van der Waals surface area contributed by atoms with E-state index in [1.165, 1.54) is 12.1 Å². The number of halogens is 1. The Hall–Kier alpha value is -1.01. The highest BCUT2D eigenvalue weighted by molar-refractivity contribution is 5.19. The third kappa shape index (κ3) is 3.76. The van der Waals surface area contributed by atoms with Gasteiger partial charge in [0, 0.05) is 39.9 Å². The molecule has 0 spiro atoms. The first-order chi connectivity index (χ1) is 9.63. The molecular formula is C15H23FN2O2. The van der Waals surface area contributed by atoms with Crippen molar-refractivity contribution in [3.05, 3.63) is 35.6 Å². The number of hydrogen-bond acceptors (Lipinski definition) is 4. The monoisotopic (exact) mass is 282 g/mol. The van der Waals surface area contributed by atoms with Crippen molar-refractivity contribution in [3.8, 4) is 0 Å². The first kappa shape index (κ1) is 15.4. The fourth-order valence-electron chi connectivity index (χ4n) is 2.65. The van der Waals surface area contributed by atoms with Crippen molar-refractivity contribution in [2.75, 3.05) is 33.9 Å². The maximum atomic E-state index is 12.9. The van der Waals surface area contributed by atoms with Crippen LogP contribution in [0, 0.1) is 5.82 Å². The summed E-state index contributed by atoms with van der Waals surface area (Å²) in [6, 6.07) is 6.33. The molecule has 112 valence electrons. The van der Waals surface area contributed by atoms with Crippen LogP contribution in [-0.2, 0) is 9.47 Å². The van der Waals surface area contributed by atoms with Gasteiger partial charge in [-0.1, -0.05) is 12.1 Å². The van der Waals surface area contributed by atoms with Crippen LogP contribution in [0.2, 0.25) is 0 Å². The molecule has 5 heteroatoms. The molecule has 1 aliphatic heterocycles. The van der Waals surface area contributed by atoms with Crippen molar-refractivity contribution in [3.63, 3.8) is 0 Å². The van der Waals surface area contributed by atoms with Crippen LogP contribution in [0.5, 0.6) is 0 Å². The number of nitrogens with two attached hydrogens (primary N) is 1. The van der Waals surface area contributed by atoms with Crippen molar-refractivity contribution in [2.45, 2.75) is 24.7 Å². The van der Waals surface area contributed by atoms with Crippen LogP contribution in [0.1, 0.15) is 18.0 Å². The molecular weight excluding hydrogens is 259 g/mol. The Morgan fingerprint density at radius 2 is 1.75 bits per heavy atom. The second kappa shape index (κ2) is 7.13. The van der Waals surface area contributed by atoms with E-state index in [1.54, 1.807) is 26.4 Å². The molecule has 2 N–H and O–H groups in total. The Labute approximate surface area is 119 Å². The van der Waals surface area contributed by atoms with Gasteiger partial charge in [-0.05, 0) is 24.1 Å². The summed E-state index contributed by atoms with van der Waals surface area (Å²) in [6.45, 7) is 2.62. The zero-order valence-corrected chi connectivity index (χ0v) is 12.1. The highest BCUT2D eigenvalue weighted by atomic mass is 19.1. The van der Waals surface area contributed by atoms with Crippen molar-refractivity contribution in [2.24, 2.45) is 5.73 Å². The maximum absolute atomic E-state index is 12.9.